The number of benzene rings is 1. The molecule has 3 heteroatoms. The van der Waals surface area contributed by atoms with Gasteiger partial charge in [0.2, 0.25) is 0 Å². The zero-order valence-electron chi connectivity index (χ0n) is 7.44. The molecule has 72 valence electrons. The van der Waals surface area contributed by atoms with Gasteiger partial charge in [-0.1, -0.05) is 18.2 Å². The van der Waals surface area contributed by atoms with Crippen LogP contribution >= 0.6 is 27.7 Å². The molecular formula is C11H9BrOS. The van der Waals surface area contributed by atoms with Gasteiger partial charge in [-0.2, -0.15) is 0 Å². The van der Waals surface area contributed by atoms with Crippen LogP contribution in [0.25, 0.3) is 0 Å². The predicted molar refractivity (Wildman–Crippen MR) is 62.4 cm³/mol. The van der Waals surface area contributed by atoms with Gasteiger partial charge in [-0.3, -0.25) is 0 Å². The molecule has 0 radical (unpaired) electrons. The first kappa shape index (κ1) is 9.87. The second-order valence-electron chi connectivity index (χ2n) is 2.81. The average molecular weight is 269 g/mol. The van der Waals surface area contributed by atoms with Crippen LogP contribution in [-0.2, 0) is 5.75 Å². The maximum atomic E-state index is 5.40. The van der Waals surface area contributed by atoms with E-state index in [-0.39, 0.29) is 0 Å². The zero-order valence-corrected chi connectivity index (χ0v) is 9.85. The van der Waals surface area contributed by atoms with Crippen molar-refractivity contribution in [1.29, 1.82) is 0 Å². The molecule has 0 N–H and O–H groups in total. The Morgan fingerprint density at radius 1 is 1.07 bits per heavy atom. The minimum Gasteiger partial charge on any atom is -0.453 e. The first-order chi connectivity index (χ1) is 6.84. The lowest BCUT2D eigenvalue weighted by molar-refractivity contribution is 0.507. The summed E-state index contributed by atoms with van der Waals surface area (Å²) in [6, 6.07) is 14.2. The highest BCUT2D eigenvalue weighted by Gasteiger charge is 1.99. The van der Waals surface area contributed by atoms with E-state index in [2.05, 4.69) is 28.1 Å². The highest BCUT2D eigenvalue weighted by atomic mass is 79.9. The minimum atomic E-state index is 0.793. The van der Waals surface area contributed by atoms with Crippen LogP contribution < -0.4 is 0 Å². The van der Waals surface area contributed by atoms with Crippen molar-refractivity contribution >= 4 is 27.7 Å². The second-order valence-corrected chi connectivity index (χ2v) is 4.64. The van der Waals surface area contributed by atoms with Crippen molar-refractivity contribution in [2.24, 2.45) is 0 Å². The molecule has 1 aromatic carbocycles. The molecule has 0 amide bonds. The van der Waals surface area contributed by atoms with Crippen LogP contribution in [-0.4, -0.2) is 0 Å². The summed E-state index contributed by atoms with van der Waals surface area (Å²) >= 11 is 5.05. The predicted octanol–water partition coefficient (Wildman–Crippen LogP) is 4.33. The Morgan fingerprint density at radius 3 is 2.50 bits per heavy atom. The number of halogens is 1. The third kappa shape index (κ3) is 2.66. The topological polar surface area (TPSA) is 13.1 Å². The summed E-state index contributed by atoms with van der Waals surface area (Å²) in [5, 5.41) is 0. The van der Waals surface area contributed by atoms with Crippen molar-refractivity contribution in [3.05, 3.63) is 52.9 Å². The van der Waals surface area contributed by atoms with Gasteiger partial charge in [-0.05, 0) is 40.2 Å². The summed E-state index contributed by atoms with van der Waals surface area (Å²) in [4.78, 5) is 1.26. The van der Waals surface area contributed by atoms with Crippen LogP contribution in [0.4, 0.5) is 0 Å². The van der Waals surface area contributed by atoms with Gasteiger partial charge in [0.25, 0.3) is 0 Å². The highest BCUT2D eigenvalue weighted by Crippen LogP contribution is 2.24. The van der Waals surface area contributed by atoms with Gasteiger partial charge < -0.3 is 4.42 Å². The van der Waals surface area contributed by atoms with Crippen molar-refractivity contribution in [2.75, 3.05) is 0 Å². The van der Waals surface area contributed by atoms with Crippen molar-refractivity contribution in [1.82, 2.24) is 0 Å². The third-order valence-corrected chi connectivity index (χ3v) is 3.21. The molecule has 0 saturated carbocycles. The van der Waals surface area contributed by atoms with E-state index in [1.807, 2.05) is 30.3 Å². The summed E-state index contributed by atoms with van der Waals surface area (Å²) in [6.07, 6.45) is 0. The van der Waals surface area contributed by atoms with Gasteiger partial charge in [-0.15, -0.1) is 11.8 Å². The molecule has 0 atom stereocenters. The Balaban J connectivity index is 1.95. The van der Waals surface area contributed by atoms with Crippen LogP contribution in [0.2, 0.25) is 0 Å². The number of hydrogen-bond donors (Lipinski definition) is 0. The summed E-state index contributed by atoms with van der Waals surface area (Å²) in [5.41, 5.74) is 0. The van der Waals surface area contributed by atoms with E-state index in [0.717, 1.165) is 16.2 Å². The van der Waals surface area contributed by atoms with Gasteiger partial charge in [-0.25, -0.2) is 0 Å². The lowest BCUT2D eigenvalue weighted by atomic mass is 10.4. The third-order valence-electron chi connectivity index (χ3n) is 1.75. The Kier molecular flexibility index (Phi) is 3.32. The average Bonchev–Trinajstić information content (AvgIpc) is 2.63. The van der Waals surface area contributed by atoms with Gasteiger partial charge in [0.1, 0.15) is 5.76 Å². The Labute approximate surface area is 95.6 Å². The Bertz CT molecular complexity index is 397. The van der Waals surface area contributed by atoms with E-state index < -0.39 is 0 Å². The quantitative estimate of drug-likeness (QED) is 0.769. The lowest BCUT2D eigenvalue weighted by Crippen LogP contribution is -1.74. The maximum absolute atomic E-state index is 5.40. The summed E-state index contributed by atoms with van der Waals surface area (Å²) < 4.78 is 6.19. The second kappa shape index (κ2) is 4.71. The molecule has 0 unspecified atom stereocenters. The van der Waals surface area contributed by atoms with Crippen molar-refractivity contribution in [2.45, 2.75) is 10.6 Å². The molecular weight excluding hydrogens is 260 g/mol. The normalized spacial score (nSPS) is 10.4. The number of furan rings is 1. The van der Waals surface area contributed by atoms with Gasteiger partial charge >= 0.3 is 0 Å². The van der Waals surface area contributed by atoms with Crippen LogP contribution in [0.3, 0.4) is 0 Å². The smallest absolute Gasteiger partial charge is 0.169 e. The zero-order chi connectivity index (χ0) is 9.80. The van der Waals surface area contributed by atoms with E-state index in [9.17, 15) is 0 Å². The Morgan fingerprint density at radius 2 is 1.86 bits per heavy atom. The largest absolute Gasteiger partial charge is 0.453 e. The standard InChI is InChI=1S/C11H9BrOS/c12-11-7-6-9(13-11)8-14-10-4-2-1-3-5-10/h1-7H,8H2. The number of thioether (sulfide) groups is 1. The Hall–Kier alpha value is -0.670. The molecule has 0 aliphatic carbocycles. The molecule has 0 bridgehead atoms. The summed E-state index contributed by atoms with van der Waals surface area (Å²) in [6.45, 7) is 0. The van der Waals surface area contributed by atoms with Gasteiger partial charge in [0.15, 0.2) is 4.67 Å². The van der Waals surface area contributed by atoms with E-state index >= 15 is 0 Å². The molecule has 1 nitrogen and oxygen atoms in total. The van der Waals surface area contributed by atoms with Gasteiger partial charge in [0.05, 0.1) is 5.75 Å². The van der Waals surface area contributed by atoms with Crippen LogP contribution in [0.5, 0.6) is 0 Å². The SMILES string of the molecule is Brc1ccc(CSc2ccccc2)o1. The first-order valence-electron chi connectivity index (χ1n) is 4.26. The van der Waals surface area contributed by atoms with Crippen molar-refractivity contribution in [3.8, 4) is 0 Å². The molecule has 0 aliphatic rings. The lowest BCUT2D eigenvalue weighted by Gasteiger charge is -1.97. The monoisotopic (exact) mass is 268 g/mol. The molecule has 2 aromatic rings. The summed E-state index contributed by atoms with van der Waals surface area (Å²) in [5.74, 6) is 1.86. The van der Waals surface area contributed by atoms with E-state index in [1.54, 1.807) is 11.8 Å². The van der Waals surface area contributed by atoms with E-state index in [1.165, 1.54) is 4.90 Å². The molecule has 1 aromatic heterocycles. The van der Waals surface area contributed by atoms with Crippen molar-refractivity contribution < 1.29 is 4.42 Å². The molecule has 0 fully saturated rings. The van der Waals surface area contributed by atoms with Crippen molar-refractivity contribution in [3.63, 3.8) is 0 Å². The maximum Gasteiger partial charge on any atom is 0.169 e. The number of hydrogen-bond acceptors (Lipinski definition) is 2. The highest BCUT2D eigenvalue weighted by molar-refractivity contribution is 9.10. The molecule has 2 rings (SSSR count). The minimum absolute atomic E-state index is 0.793. The number of rotatable bonds is 3. The van der Waals surface area contributed by atoms with E-state index in [0.29, 0.717) is 0 Å². The van der Waals surface area contributed by atoms with Crippen LogP contribution in [0.1, 0.15) is 5.76 Å². The van der Waals surface area contributed by atoms with Crippen LogP contribution in [0.15, 0.2) is 56.4 Å². The molecule has 0 aliphatic heterocycles. The summed E-state index contributed by atoms with van der Waals surface area (Å²) in [7, 11) is 0. The van der Waals surface area contributed by atoms with Crippen LogP contribution in [0, 0.1) is 0 Å². The fraction of sp³-hybridized carbons (Fsp3) is 0.0909. The molecule has 0 spiro atoms. The first-order valence-corrected chi connectivity index (χ1v) is 6.04. The fourth-order valence-corrected chi connectivity index (χ4v) is 2.25. The van der Waals surface area contributed by atoms with E-state index in [4.69, 9.17) is 4.42 Å². The molecule has 0 saturated heterocycles. The fourth-order valence-electron chi connectivity index (χ4n) is 1.10. The van der Waals surface area contributed by atoms with Gasteiger partial charge in [0, 0.05) is 4.90 Å². The molecule has 1 heterocycles. The molecule has 14 heavy (non-hydrogen) atoms.